The highest BCUT2D eigenvalue weighted by Gasteiger charge is 2.51. The highest BCUT2D eigenvalue weighted by Crippen LogP contribution is 2.51. The first kappa shape index (κ1) is 22.5. The van der Waals surface area contributed by atoms with Crippen LogP contribution in [0.25, 0.3) is 0 Å². The first-order valence-corrected chi connectivity index (χ1v) is 12.3. The van der Waals surface area contributed by atoms with E-state index in [-0.39, 0.29) is 5.54 Å². The second-order valence-corrected chi connectivity index (χ2v) is 9.43. The van der Waals surface area contributed by atoms with E-state index in [2.05, 4.69) is 41.3 Å². The topological polar surface area (TPSA) is 53.0 Å². The van der Waals surface area contributed by atoms with Crippen LogP contribution in [0.1, 0.15) is 42.7 Å². The van der Waals surface area contributed by atoms with E-state index < -0.39 is 6.09 Å². The minimum atomic E-state index is -0.811. The minimum Gasteiger partial charge on any atom is -0.465 e. The van der Waals surface area contributed by atoms with Crippen LogP contribution in [0, 0.1) is 0 Å². The van der Waals surface area contributed by atoms with Crippen molar-refractivity contribution in [2.75, 3.05) is 26.2 Å². The van der Waals surface area contributed by atoms with Gasteiger partial charge in [-0.3, -0.25) is 4.90 Å². The molecule has 1 saturated carbocycles. The summed E-state index contributed by atoms with van der Waals surface area (Å²) >= 11 is 0. The van der Waals surface area contributed by atoms with Crippen LogP contribution >= 0.6 is 0 Å². The van der Waals surface area contributed by atoms with Crippen LogP contribution in [-0.4, -0.2) is 47.2 Å². The molecule has 5 rings (SSSR count). The summed E-state index contributed by atoms with van der Waals surface area (Å²) in [5, 5.41) is 9.94. The molecule has 5 heteroatoms. The van der Waals surface area contributed by atoms with Gasteiger partial charge < -0.3 is 14.7 Å². The first-order valence-electron chi connectivity index (χ1n) is 12.3. The summed E-state index contributed by atoms with van der Waals surface area (Å²) in [5.41, 5.74) is 2.15. The van der Waals surface area contributed by atoms with Gasteiger partial charge in [-0.2, -0.15) is 0 Å². The van der Waals surface area contributed by atoms with E-state index in [4.69, 9.17) is 4.74 Å². The molecule has 2 aliphatic rings. The van der Waals surface area contributed by atoms with Gasteiger partial charge in [0.2, 0.25) is 0 Å². The SMILES string of the molecule is O=C(O)N(CCN1CCC(c2ccc(Oc3ccccc3)cc2)CC1)C1(c2ccccc2)CC1. The lowest BCUT2D eigenvalue weighted by Gasteiger charge is -2.35. The van der Waals surface area contributed by atoms with E-state index in [1.807, 2.05) is 48.5 Å². The molecule has 0 atom stereocenters. The molecule has 1 aliphatic heterocycles. The van der Waals surface area contributed by atoms with Crippen LogP contribution in [-0.2, 0) is 5.54 Å². The van der Waals surface area contributed by atoms with Gasteiger partial charge in [-0.1, -0.05) is 60.7 Å². The van der Waals surface area contributed by atoms with Gasteiger partial charge >= 0.3 is 6.09 Å². The Labute approximate surface area is 201 Å². The summed E-state index contributed by atoms with van der Waals surface area (Å²) in [6, 6.07) is 28.4. The van der Waals surface area contributed by atoms with Crippen LogP contribution in [0.2, 0.25) is 0 Å². The number of carbonyl (C=O) groups is 1. The Balaban J connectivity index is 1.13. The summed E-state index contributed by atoms with van der Waals surface area (Å²) in [7, 11) is 0. The molecule has 1 N–H and O–H groups in total. The Morgan fingerprint density at radius 3 is 2.06 bits per heavy atom. The van der Waals surface area contributed by atoms with Crippen molar-refractivity contribution in [1.29, 1.82) is 0 Å². The molecule has 0 aromatic heterocycles. The number of para-hydroxylation sites is 1. The molecule has 5 nitrogen and oxygen atoms in total. The first-order chi connectivity index (χ1) is 16.6. The van der Waals surface area contributed by atoms with Crippen LogP contribution in [0.15, 0.2) is 84.9 Å². The maximum atomic E-state index is 12.1. The Bertz CT molecular complexity index is 1070. The number of rotatable bonds is 8. The lowest BCUT2D eigenvalue weighted by molar-refractivity contribution is 0.102. The molecule has 1 heterocycles. The molecular weight excluding hydrogens is 424 g/mol. The number of nitrogens with zero attached hydrogens (tertiary/aromatic N) is 2. The van der Waals surface area contributed by atoms with Crippen molar-refractivity contribution in [2.24, 2.45) is 0 Å². The van der Waals surface area contributed by atoms with Crippen molar-refractivity contribution >= 4 is 6.09 Å². The third-order valence-corrected chi connectivity index (χ3v) is 7.34. The van der Waals surface area contributed by atoms with Gasteiger partial charge in [0, 0.05) is 13.1 Å². The molecule has 34 heavy (non-hydrogen) atoms. The summed E-state index contributed by atoms with van der Waals surface area (Å²) in [5.74, 6) is 2.24. The van der Waals surface area contributed by atoms with Crippen molar-refractivity contribution in [3.63, 3.8) is 0 Å². The van der Waals surface area contributed by atoms with Crippen LogP contribution in [0.5, 0.6) is 11.5 Å². The zero-order valence-corrected chi connectivity index (χ0v) is 19.5. The number of piperidine rings is 1. The molecule has 0 bridgehead atoms. The Morgan fingerprint density at radius 1 is 0.882 bits per heavy atom. The fourth-order valence-electron chi connectivity index (χ4n) is 5.24. The van der Waals surface area contributed by atoms with Gasteiger partial charge in [-0.05, 0) is 80.1 Å². The normalized spacial score (nSPS) is 17.8. The third-order valence-electron chi connectivity index (χ3n) is 7.34. The number of likely N-dealkylation sites (tertiary alicyclic amines) is 1. The van der Waals surface area contributed by atoms with E-state index in [9.17, 15) is 9.90 Å². The number of benzene rings is 3. The number of amides is 1. The molecule has 1 aliphatic carbocycles. The van der Waals surface area contributed by atoms with Gasteiger partial charge in [-0.15, -0.1) is 0 Å². The lowest BCUT2D eigenvalue weighted by Crippen LogP contribution is -2.45. The second-order valence-electron chi connectivity index (χ2n) is 9.43. The van der Waals surface area contributed by atoms with Crippen molar-refractivity contribution in [1.82, 2.24) is 9.80 Å². The van der Waals surface area contributed by atoms with Crippen LogP contribution in [0.3, 0.4) is 0 Å². The van der Waals surface area contributed by atoms with E-state index in [0.29, 0.717) is 12.5 Å². The molecule has 0 unspecified atom stereocenters. The molecule has 1 saturated heterocycles. The summed E-state index contributed by atoms with van der Waals surface area (Å²) < 4.78 is 5.92. The molecular formula is C29H32N2O3. The number of carboxylic acid groups (broad SMARTS) is 1. The van der Waals surface area contributed by atoms with E-state index in [1.54, 1.807) is 4.90 Å². The number of hydrogen-bond donors (Lipinski definition) is 1. The monoisotopic (exact) mass is 456 g/mol. The average molecular weight is 457 g/mol. The van der Waals surface area contributed by atoms with Crippen LogP contribution in [0.4, 0.5) is 4.79 Å². The van der Waals surface area contributed by atoms with Gasteiger partial charge in [0.05, 0.1) is 5.54 Å². The predicted octanol–water partition coefficient (Wildman–Crippen LogP) is 6.33. The molecule has 3 aromatic carbocycles. The van der Waals surface area contributed by atoms with Crippen molar-refractivity contribution in [2.45, 2.75) is 37.1 Å². The quantitative estimate of drug-likeness (QED) is 0.430. The van der Waals surface area contributed by atoms with Crippen molar-refractivity contribution in [3.8, 4) is 11.5 Å². The maximum absolute atomic E-state index is 12.1. The molecule has 2 fully saturated rings. The van der Waals surface area contributed by atoms with Gasteiger partial charge in [0.1, 0.15) is 11.5 Å². The fourth-order valence-corrected chi connectivity index (χ4v) is 5.24. The van der Waals surface area contributed by atoms with E-state index in [0.717, 1.165) is 62.4 Å². The predicted molar refractivity (Wildman–Crippen MR) is 133 cm³/mol. The summed E-state index contributed by atoms with van der Waals surface area (Å²) in [6.45, 7) is 3.34. The number of hydrogen-bond acceptors (Lipinski definition) is 3. The number of ether oxygens (including phenoxy) is 1. The molecule has 1 amide bonds. The van der Waals surface area contributed by atoms with Crippen LogP contribution < -0.4 is 4.74 Å². The molecule has 176 valence electrons. The van der Waals surface area contributed by atoms with Gasteiger partial charge in [0.15, 0.2) is 0 Å². The molecule has 0 spiro atoms. The summed E-state index contributed by atoms with van der Waals surface area (Å²) in [6.07, 6.45) is 3.20. The zero-order valence-electron chi connectivity index (χ0n) is 19.5. The summed E-state index contributed by atoms with van der Waals surface area (Å²) in [4.78, 5) is 16.2. The highest BCUT2D eigenvalue weighted by atomic mass is 16.5. The third kappa shape index (κ3) is 4.95. The van der Waals surface area contributed by atoms with Gasteiger partial charge in [0.25, 0.3) is 0 Å². The molecule has 3 aromatic rings. The highest BCUT2D eigenvalue weighted by molar-refractivity contribution is 5.67. The van der Waals surface area contributed by atoms with E-state index >= 15 is 0 Å². The average Bonchev–Trinajstić information content (AvgIpc) is 3.68. The van der Waals surface area contributed by atoms with Gasteiger partial charge in [-0.25, -0.2) is 4.79 Å². The van der Waals surface area contributed by atoms with Crippen molar-refractivity contribution < 1.29 is 14.6 Å². The van der Waals surface area contributed by atoms with Crippen molar-refractivity contribution in [3.05, 3.63) is 96.1 Å². The Kier molecular flexibility index (Phi) is 6.54. The second kappa shape index (κ2) is 9.90. The smallest absolute Gasteiger partial charge is 0.408 e. The lowest BCUT2D eigenvalue weighted by atomic mass is 9.89. The largest absolute Gasteiger partial charge is 0.465 e. The van der Waals surface area contributed by atoms with E-state index in [1.165, 1.54) is 5.56 Å². The Hall–Kier alpha value is -3.31. The maximum Gasteiger partial charge on any atom is 0.408 e. The minimum absolute atomic E-state index is 0.324. The fraction of sp³-hybridized carbons (Fsp3) is 0.345. The Morgan fingerprint density at radius 2 is 1.47 bits per heavy atom. The zero-order chi connectivity index (χ0) is 23.4. The molecule has 0 radical (unpaired) electrons. The standard InChI is InChI=1S/C29H32N2O3/c32-28(33)31(29(17-18-29)25-7-3-1-4-8-25)22-21-30-19-15-24(16-20-30)23-11-13-27(14-12-23)34-26-9-5-2-6-10-26/h1-14,24H,15-22H2,(H,32,33).